The monoisotopic (exact) mass is 326 g/mol. The lowest BCUT2D eigenvalue weighted by molar-refractivity contribution is 0.358. The number of hydrogen-bond acceptors (Lipinski definition) is 5. The molecule has 1 saturated heterocycles. The van der Waals surface area contributed by atoms with Gasteiger partial charge in [-0.15, -0.1) is 0 Å². The van der Waals surface area contributed by atoms with Gasteiger partial charge in [-0.1, -0.05) is 31.1 Å². The van der Waals surface area contributed by atoms with Crippen molar-refractivity contribution in [3.63, 3.8) is 0 Å². The van der Waals surface area contributed by atoms with Crippen LogP contribution in [0.2, 0.25) is 0 Å². The van der Waals surface area contributed by atoms with Crippen LogP contribution in [0.3, 0.4) is 0 Å². The fraction of sp³-hybridized carbons (Fsp3) is 0.389. The van der Waals surface area contributed by atoms with Crippen molar-refractivity contribution in [2.45, 2.75) is 38.6 Å². The van der Waals surface area contributed by atoms with Crippen LogP contribution < -0.4 is 4.90 Å². The molecule has 1 unspecified atom stereocenters. The van der Waals surface area contributed by atoms with Crippen LogP contribution in [0.15, 0.2) is 35.0 Å². The van der Waals surface area contributed by atoms with Gasteiger partial charge in [-0.05, 0) is 25.0 Å². The first-order valence-corrected chi connectivity index (χ1v) is 8.28. The fourth-order valence-electron chi connectivity index (χ4n) is 3.32. The highest BCUT2D eigenvalue weighted by Crippen LogP contribution is 2.38. The lowest BCUT2D eigenvalue weighted by Gasteiger charge is -2.25. The maximum Gasteiger partial charge on any atom is 0.229 e. The summed E-state index contributed by atoms with van der Waals surface area (Å²) in [5, 5.41) is 4.99. The van der Waals surface area contributed by atoms with Crippen molar-refractivity contribution < 1.29 is 8.91 Å². The topological polar surface area (TPSA) is 55.1 Å². The molecule has 3 aromatic rings. The second kappa shape index (κ2) is 5.85. The van der Waals surface area contributed by atoms with Crippen molar-refractivity contribution in [1.29, 1.82) is 0 Å². The lowest BCUT2D eigenvalue weighted by Crippen LogP contribution is -2.23. The molecule has 0 aliphatic carbocycles. The summed E-state index contributed by atoms with van der Waals surface area (Å²) in [6.07, 6.45) is 3.65. The van der Waals surface area contributed by atoms with Crippen molar-refractivity contribution in [2.75, 3.05) is 11.4 Å². The van der Waals surface area contributed by atoms with Crippen LogP contribution in [0.4, 0.5) is 10.1 Å². The molecule has 0 bridgehead atoms. The van der Waals surface area contributed by atoms with Gasteiger partial charge in [0.2, 0.25) is 5.89 Å². The third kappa shape index (κ3) is 2.42. The van der Waals surface area contributed by atoms with Gasteiger partial charge in [-0.25, -0.2) is 4.39 Å². The van der Waals surface area contributed by atoms with Crippen molar-refractivity contribution in [3.8, 4) is 0 Å². The van der Waals surface area contributed by atoms with Crippen LogP contribution >= 0.6 is 0 Å². The summed E-state index contributed by atoms with van der Waals surface area (Å²) >= 11 is 0. The van der Waals surface area contributed by atoms with E-state index >= 15 is 0 Å². The predicted molar refractivity (Wildman–Crippen MR) is 89.4 cm³/mol. The molecule has 1 atom stereocenters. The molecule has 0 radical (unpaired) electrons. The number of para-hydroxylation sites is 1. The third-order valence-electron chi connectivity index (χ3n) is 4.51. The summed E-state index contributed by atoms with van der Waals surface area (Å²) in [5.41, 5.74) is 1.37. The molecular formula is C18H19FN4O. The van der Waals surface area contributed by atoms with Crippen LogP contribution in [0.1, 0.15) is 50.4 Å². The van der Waals surface area contributed by atoms with E-state index in [2.05, 4.69) is 20.0 Å². The Kier molecular flexibility index (Phi) is 3.67. The van der Waals surface area contributed by atoms with E-state index in [9.17, 15) is 4.39 Å². The van der Waals surface area contributed by atoms with E-state index in [1.165, 1.54) is 6.07 Å². The largest absolute Gasteiger partial charge is 0.361 e. The van der Waals surface area contributed by atoms with Crippen molar-refractivity contribution in [1.82, 2.24) is 15.1 Å². The van der Waals surface area contributed by atoms with Crippen molar-refractivity contribution >= 4 is 16.6 Å². The zero-order chi connectivity index (χ0) is 16.7. The van der Waals surface area contributed by atoms with E-state index in [-0.39, 0.29) is 17.8 Å². The van der Waals surface area contributed by atoms with E-state index in [0.29, 0.717) is 17.2 Å². The number of fused-ring (bicyclic) bond motifs is 1. The van der Waals surface area contributed by atoms with Gasteiger partial charge in [0.25, 0.3) is 0 Å². The Balaban J connectivity index is 1.76. The molecule has 0 spiro atoms. The van der Waals surface area contributed by atoms with Crippen LogP contribution in [-0.2, 0) is 0 Å². The van der Waals surface area contributed by atoms with Crippen molar-refractivity contribution in [2.24, 2.45) is 0 Å². The number of anilines is 1. The average molecular weight is 326 g/mol. The standard InChI is InChI=1S/C18H19FN4O/c1-11(2)18-21-17(22-24-18)15-7-4-10-23(15)14-8-9-20-16-12(14)5-3-6-13(16)19/h3,5-6,8-9,11,15H,4,7,10H2,1-2H3. The molecule has 0 N–H and O–H groups in total. The number of halogens is 1. The summed E-state index contributed by atoms with van der Waals surface area (Å²) in [7, 11) is 0. The second-order valence-electron chi connectivity index (χ2n) is 6.46. The van der Waals surface area contributed by atoms with E-state index < -0.39 is 0 Å². The minimum Gasteiger partial charge on any atom is -0.361 e. The molecule has 1 aromatic carbocycles. The Morgan fingerprint density at radius 3 is 2.96 bits per heavy atom. The van der Waals surface area contributed by atoms with E-state index in [1.54, 1.807) is 12.3 Å². The van der Waals surface area contributed by atoms with E-state index in [0.717, 1.165) is 30.5 Å². The van der Waals surface area contributed by atoms with Crippen LogP contribution in [0.5, 0.6) is 0 Å². The minimum absolute atomic E-state index is 0.0510. The highest BCUT2D eigenvalue weighted by Gasteiger charge is 2.31. The zero-order valence-corrected chi connectivity index (χ0v) is 13.7. The Morgan fingerprint density at radius 1 is 1.29 bits per heavy atom. The summed E-state index contributed by atoms with van der Waals surface area (Å²) in [6, 6.07) is 7.05. The number of rotatable bonds is 3. The normalized spacial score (nSPS) is 18.0. The molecule has 1 aliphatic rings. The summed E-state index contributed by atoms with van der Waals surface area (Å²) < 4.78 is 19.4. The van der Waals surface area contributed by atoms with Gasteiger partial charge in [0.15, 0.2) is 5.82 Å². The summed E-state index contributed by atoms with van der Waals surface area (Å²) in [5.74, 6) is 1.27. The first-order valence-electron chi connectivity index (χ1n) is 8.28. The molecule has 3 heterocycles. The molecule has 0 amide bonds. The molecule has 1 aliphatic heterocycles. The average Bonchev–Trinajstić information content (AvgIpc) is 3.24. The first-order chi connectivity index (χ1) is 11.6. The molecule has 2 aromatic heterocycles. The summed E-state index contributed by atoms with van der Waals surface area (Å²) in [6.45, 7) is 4.94. The Bertz CT molecular complexity index is 876. The van der Waals surface area contributed by atoms with Gasteiger partial charge in [-0.2, -0.15) is 4.98 Å². The molecule has 0 saturated carbocycles. The smallest absolute Gasteiger partial charge is 0.229 e. The Labute approximate surface area is 139 Å². The van der Waals surface area contributed by atoms with Gasteiger partial charge in [0.1, 0.15) is 11.3 Å². The second-order valence-corrected chi connectivity index (χ2v) is 6.46. The van der Waals surface area contributed by atoms with Crippen molar-refractivity contribution in [3.05, 3.63) is 48.0 Å². The number of pyridine rings is 1. The maximum absolute atomic E-state index is 14.0. The number of benzene rings is 1. The van der Waals surface area contributed by atoms with Gasteiger partial charge in [0, 0.05) is 29.7 Å². The minimum atomic E-state index is -0.299. The predicted octanol–water partition coefficient (Wildman–Crippen LogP) is 4.22. The zero-order valence-electron chi connectivity index (χ0n) is 13.7. The number of hydrogen-bond donors (Lipinski definition) is 0. The SMILES string of the molecule is CC(C)c1nc(C2CCCN2c2ccnc3c(F)cccc23)no1. The molecule has 1 fully saturated rings. The molecular weight excluding hydrogens is 307 g/mol. The Hall–Kier alpha value is -2.50. The summed E-state index contributed by atoms with van der Waals surface area (Å²) in [4.78, 5) is 11.0. The van der Waals surface area contributed by atoms with Crippen LogP contribution in [0, 0.1) is 5.82 Å². The molecule has 124 valence electrons. The Morgan fingerprint density at radius 2 is 2.17 bits per heavy atom. The van der Waals surface area contributed by atoms with Gasteiger partial charge in [0.05, 0.1) is 6.04 Å². The van der Waals surface area contributed by atoms with Gasteiger partial charge in [-0.3, -0.25) is 4.98 Å². The van der Waals surface area contributed by atoms with Crippen LogP contribution in [-0.4, -0.2) is 21.7 Å². The van der Waals surface area contributed by atoms with Gasteiger partial charge >= 0.3 is 0 Å². The van der Waals surface area contributed by atoms with E-state index in [4.69, 9.17) is 4.52 Å². The van der Waals surface area contributed by atoms with Gasteiger partial charge < -0.3 is 9.42 Å². The quantitative estimate of drug-likeness (QED) is 0.721. The first kappa shape index (κ1) is 15.1. The number of nitrogens with zero attached hydrogens (tertiary/aromatic N) is 4. The molecule has 4 rings (SSSR count). The highest BCUT2D eigenvalue weighted by molar-refractivity contribution is 5.92. The lowest BCUT2D eigenvalue weighted by atomic mass is 10.1. The molecule has 24 heavy (non-hydrogen) atoms. The highest BCUT2D eigenvalue weighted by atomic mass is 19.1. The fourth-order valence-corrected chi connectivity index (χ4v) is 3.32. The molecule has 6 heteroatoms. The molecule has 5 nitrogen and oxygen atoms in total. The van der Waals surface area contributed by atoms with E-state index in [1.807, 2.05) is 26.0 Å². The van der Waals surface area contributed by atoms with Crippen LogP contribution in [0.25, 0.3) is 10.9 Å². The number of aromatic nitrogens is 3. The maximum atomic E-state index is 14.0. The third-order valence-corrected chi connectivity index (χ3v) is 4.51.